The van der Waals surface area contributed by atoms with E-state index in [1.807, 2.05) is 0 Å². The van der Waals surface area contributed by atoms with Crippen LogP contribution in [0.2, 0.25) is 0 Å². The normalized spacial score (nSPS) is 14.5. The lowest BCUT2D eigenvalue weighted by Crippen LogP contribution is -2.18. The summed E-state index contributed by atoms with van der Waals surface area (Å²) in [4.78, 5) is 27.7. The van der Waals surface area contributed by atoms with Gasteiger partial charge in [0.05, 0.1) is 12.1 Å². The second-order valence-corrected chi connectivity index (χ2v) is 9.32. The zero-order valence-electron chi connectivity index (χ0n) is 16.6. The Balaban J connectivity index is 1.51. The summed E-state index contributed by atoms with van der Waals surface area (Å²) in [7, 11) is -3.92. The number of aromatic nitrogens is 4. The molecule has 0 aliphatic heterocycles. The molecule has 1 fully saturated rings. The van der Waals surface area contributed by atoms with Crippen molar-refractivity contribution in [1.82, 2.24) is 19.9 Å². The van der Waals surface area contributed by atoms with Crippen LogP contribution in [0, 0.1) is 5.92 Å². The van der Waals surface area contributed by atoms with Crippen LogP contribution in [0.5, 0.6) is 0 Å². The number of rotatable bonds is 8. The number of aromatic amines is 1. The molecule has 0 unspecified atom stereocenters. The van der Waals surface area contributed by atoms with E-state index in [-0.39, 0.29) is 23.5 Å². The number of anilines is 2. The molecule has 1 aromatic carbocycles. The van der Waals surface area contributed by atoms with Crippen molar-refractivity contribution in [2.75, 3.05) is 15.8 Å². The van der Waals surface area contributed by atoms with E-state index in [1.165, 1.54) is 18.5 Å². The number of nitrogens with zero attached hydrogens (tertiary/aromatic N) is 3. The summed E-state index contributed by atoms with van der Waals surface area (Å²) in [5, 5.41) is 2.68. The number of hydrogen-bond acceptors (Lipinski definition) is 6. The van der Waals surface area contributed by atoms with Crippen LogP contribution in [0.3, 0.4) is 0 Å². The Morgan fingerprint density at radius 3 is 2.53 bits per heavy atom. The fourth-order valence-electron chi connectivity index (χ4n) is 3.05. The van der Waals surface area contributed by atoms with Gasteiger partial charge in [-0.3, -0.25) is 14.8 Å². The first-order valence-electron chi connectivity index (χ1n) is 9.79. The van der Waals surface area contributed by atoms with Gasteiger partial charge in [0.15, 0.2) is 5.65 Å². The fraction of sp³-hybridized carbons (Fsp3) is 0.368. The molecule has 1 saturated carbocycles. The highest BCUT2D eigenvalue weighted by atomic mass is 32.2. The van der Waals surface area contributed by atoms with Gasteiger partial charge >= 0.3 is 6.18 Å². The third-order valence-corrected chi connectivity index (χ3v) is 6.15. The van der Waals surface area contributed by atoms with E-state index in [9.17, 15) is 26.4 Å². The van der Waals surface area contributed by atoms with Gasteiger partial charge in [-0.1, -0.05) is 12.1 Å². The second kappa shape index (κ2) is 8.37. The van der Waals surface area contributed by atoms with Gasteiger partial charge in [-0.05, 0) is 31.4 Å². The number of hydrogen-bond donors (Lipinski definition) is 3. The van der Waals surface area contributed by atoms with Gasteiger partial charge in [0.2, 0.25) is 21.9 Å². The van der Waals surface area contributed by atoms with Crippen LogP contribution in [-0.2, 0) is 14.8 Å². The van der Waals surface area contributed by atoms with Gasteiger partial charge in [-0.2, -0.15) is 18.2 Å². The number of halogens is 3. The van der Waals surface area contributed by atoms with Crippen molar-refractivity contribution in [2.45, 2.75) is 31.9 Å². The number of amides is 1. The van der Waals surface area contributed by atoms with Crippen LogP contribution < -0.4 is 10.0 Å². The highest BCUT2D eigenvalue weighted by Crippen LogP contribution is 2.31. The zero-order chi connectivity index (χ0) is 22.9. The Hall–Kier alpha value is -3.22. The molecule has 1 aliphatic rings. The van der Waals surface area contributed by atoms with Gasteiger partial charge in [0.1, 0.15) is 11.2 Å². The van der Waals surface area contributed by atoms with E-state index >= 15 is 0 Å². The van der Waals surface area contributed by atoms with Gasteiger partial charge in [0, 0.05) is 23.6 Å². The number of nitrogens with one attached hydrogen (secondary N) is 3. The van der Waals surface area contributed by atoms with Gasteiger partial charge in [0.25, 0.3) is 0 Å². The minimum atomic E-state index is -4.40. The molecule has 170 valence electrons. The molecule has 2 heterocycles. The average Bonchev–Trinajstić information content (AvgIpc) is 3.45. The maximum atomic E-state index is 12.2. The minimum Gasteiger partial charge on any atom is -0.341 e. The van der Waals surface area contributed by atoms with E-state index in [0.717, 1.165) is 12.8 Å². The van der Waals surface area contributed by atoms with Crippen molar-refractivity contribution in [2.24, 2.45) is 5.92 Å². The maximum absolute atomic E-state index is 12.2. The lowest BCUT2D eigenvalue weighted by atomic mass is 10.1. The SMILES string of the molecule is O=C(Nc1nc(-c2ccc(NS(=O)(=O)CCCC(F)(F)F)cc2)c2[nH]cnc2n1)C1CC1. The van der Waals surface area contributed by atoms with Crippen molar-refractivity contribution in [3.05, 3.63) is 30.6 Å². The summed E-state index contributed by atoms with van der Waals surface area (Å²) in [5.74, 6) is -0.702. The summed E-state index contributed by atoms with van der Waals surface area (Å²) in [6.07, 6.45) is -2.98. The van der Waals surface area contributed by atoms with Crippen LogP contribution in [-0.4, -0.2) is 46.2 Å². The van der Waals surface area contributed by atoms with Gasteiger partial charge in [-0.15, -0.1) is 0 Å². The maximum Gasteiger partial charge on any atom is 0.389 e. The van der Waals surface area contributed by atoms with Gasteiger partial charge in [-0.25, -0.2) is 18.4 Å². The predicted molar refractivity (Wildman–Crippen MR) is 111 cm³/mol. The number of H-pyrrole nitrogens is 1. The molecule has 0 atom stereocenters. The van der Waals surface area contributed by atoms with Crippen LogP contribution in [0.15, 0.2) is 30.6 Å². The first kappa shape index (κ1) is 22.0. The fourth-order valence-corrected chi connectivity index (χ4v) is 4.17. The molecular weight excluding hydrogens is 449 g/mol. The molecule has 1 aliphatic carbocycles. The smallest absolute Gasteiger partial charge is 0.341 e. The highest BCUT2D eigenvalue weighted by Gasteiger charge is 2.30. The topological polar surface area (TPSA) is 130 Å². The van der Waals surface area contributed by atoms with Crippen molar-refractivity contribution < 1.29 is 26.4 Å². The Labute approximate surface area is 180 Å². The van der Waals surface area contributed by atoms with Crippen LogP contribution >= 0.6 is 0 Å². The lowest BCUT2D eigenvalue weighted by Gasteiger charge is -2.10. The highest BCUT2D eigenvalue weighted by molar-refractivity contribution is 7.92. The van der Waals surface area contributed by atoms with E-state index < -0.39 is 34.8 Å². The molecule has 0 saturated heterocycles. The molecule has 0 bridgehead atoms. The zero-order valence-corrected chi connectivity index (χ0v) is 17.4. The van der Waals surface area contributed by atoms with Crippen LogP contribution in [0.4, 0.5) is 24.8 Å². The Kier molecular flexibility index (Phi) is 5.75. The molecule has 9 nitrogen and oxygen atoms in total. The quantitative estimate of drug-likeness (QED) is 0.464. The van der Waals surface area contributed by atoms with E-state index in [0.29, 0.717) is 22.4 Å². The average molecular weight is 468 g/mol. The monoisotopic (exact) mass is 468 g/mol. The summed E-state index contributed by atoms with van der Waals surface area (Å²) < 4.78 is 63.0. The Morgan fingerprint density at radius 1 is 1.16 bits per heavy atom. The van der Waals surface area contributed by atoms with Crippen LogP contribution in [0.1, 0.15) is 25.7 Å². The Morgan fingerprint density at radius 2 is 1.88 bits per heavy atom. The summed E-state index contributed by atoms with van der Waals surface area (Å²) >= 11 is 0. The molecular formula is C19H19F3N6O3S. The second-order valence-electron chi connectivity index (χ2n) is 7.48. The van der Waals surface area contributed by atoms with Gasteiger partial charge < -0.3 is 4.98 Å². The number of carbonyl (C=O) groups excluding carboxylic acids is 1. The summed E-state index contributed by atoms with van der Waals surface area (Å²) in [5.41, 5.74) is 2.16. The van der Waals surface area contributed by atoms with Crippen molar-refractivity contribution in [3.8, 4) is 11.3 Å². The molecule has 1 amide bonds. The molecule has 2 aromatic heterocycles. The number of benzene rings is 1. The number of sulfonamides is 1. The first-order chi connectivity index (χ1) is 15.1. The standard InChI is InChI=1S/C19H19F3N6O3S/c20-19(21,22)8-1-9-32(30,31)28-13-6-4-11(5-7-13)14-15-16(24-10-23-15)26-18(25-14)27-17(29)12-2-3-12/h4-7,10,12,28H,1-3,8-9H2,(H2,23,24,25,26,27,29). The summed E-state index contributed by atoms with van der Waals surface area (Å²) in [6, 6.07) is 6.15. The van der Waals surface area contributed by atoms with E-state index in [2.05, 4.69) is 30.0 Å². The number of alkyl halides is 3. The molecule has 0 spiro atoms. The third-order valence-electron chi connectivity index (χ3n) is 4.77. The third kappa shape index (κ3) is 5.52. The molecule has 3 N–H and O–H groups in total. The number of carbonyl (C=O) groups is 1. The lowest BCUT2D eigenvalue weighted by molar-refractivity contribution is -0.134. The first-order valence-corrected chi connectivity index (χ1v) is 11.4. The van der Waals surface area contributed by atoms with Crippen LogP contribution in [0.25, 0.3) is 22.4 Å². The molecule has 13 heteroatoms. The van der Waals surface area contributed by atoms with E-state index in [1.54, 1.807) is 12.1 Å². The number of fused-ring (bicyclic) bond motifs is 1. The molecule has 3 aromatic rings. The van der Waals surface area contributed by atoms with Crippen molar-refractivity contribution in [3.63, 3.8) is 0 Å². The predicted octanol–water partition coefficient (Wildman–Crippen LogP) is 3.45. The molecule has 4 rings (SSSR count). The summed E-state index contributed by atoms with van der Waals surface area (Å²) in [6.45, 7) is 0. The van der Waals surface area contributed by atoms with Crippen molar-refractivity contribution >= 4 is 38.7 Å². The minimum absolute atomic E-state index is 0.0274. The number of imidazole rings is 1. The molecule has 32 heavy (non-hydrogen) atoms. The Bertz CT molecular complexity index is 1240. The van der Waals surface area contributed by atoms with Crippen molar-refractivity contribution in [1.29, 1.82) is 0 Å². The molecule has 0 radical (unpaired) electrons. The largest absolute Gasteiger partial charge is 0.389 e. The van der Waals surface area contributed by atoms with E-state index in [4.69, 9.17) is 0 Å².